The van der Waals surface area contributed by atoms with Gasteiger partial charge in [0, 0.05) is 6.26 Å². The van der Waals surface area contributed by atoms with E-state index in [1.54, 1.807) is 37.4 Å². The predicted molar refractivity (Wildman–Crippen MR) is 72.5 cm³/mol. The second-order valence-corrected chi connectivity index (χ2v) is 6.61. The maximum Gasteiger partial charge on any atom is 0.224 e. The summed E-state index contributed by atoms with van der Waals surface area (Å²) in [4.78, 5) is 0.303. The molecule has 0 atom stereocenters. The topological polar surface area (TPSA) is 52.0 Å². The van der Waals surface area contributed by atoms with Crippen LogP contribution < -0.4 is 0 Å². The molecule has 96 valence electrons. The molecule has 2 rings (SSSR count). The summed E-state index contributed by atoms with van der Waals surface area (Å²) in [5.74, 6) is 0. The standard InChI is InChI=1S/C12H14N2O2S2/c1-9-5-4-6-11(7-9)18(15,16)12-8-10(2)13-14(12)17-3/h4-8H,1-3H3. The van der Waals surface area contributed by atoms with Crippen LogP contribution in [-0.2, 0) is 9.84 Å². The lowest BCUT2D eigenvalue weighted by Crippen LogP contribution is -2.07. The summed E-state index contributed by atoms with van der Waals surface area (Å²) >= 11 is 1.27. The third-order valence-electron chi connectivity index (χ3n) is 2.52. The van der Waals surface area contributed by atoms with Crippen molar-refractivity contribution in [2.24, 2.45) is 0 Å². The predicted octanol–water partition coefficient (Wildman–Crippen LogP) is 2.46. The largest absolute Gasteiger partial charge is 0.224 e. The SMILES string of the molecule is CSn1nc(C)cc1S(=O)(=O)c1cccc(C)c1. The van der Waals surface area contributed by atoms with Crippen molar-refractivity contribution < 1.29 is 8.42 Å². The van der Waals surface area contributed by atoms with Crippen molar-refractivity contribution in [3.05, 3.63) is 41.6 Å². The number of aromatic nitrogens is 2. The van der Waals surface area contributed by atoms with Crippen LogP contribution in [0.3, 0.4) is 0 Å². The van der Waals surface area contributed by atoms with E-state index in [2.05, 4.69) is 5.10 Å². The lowest BCUT2D eigenvalue weighted by Gasteiger charge is -2.06. The third kappa shape index (κ3) is 2.30. The van der Waals surface area contributed by atoms with Gasteiger partial charge in [0.15, 0.2) is 5.03 Å². The molecule has 0 aliphatic carbocycles. The Kier molecular flexibility index (Phi) is 3.49. The van der Waals surface area contributed by atoms with E-state index in [0.29, 0.717) is 10.6 Å². The van der Waals surface area contributed by atoms with Crippen molar-refractivity contribution in [3.63, 3.8) is 0 Å². The number of hydrogen-bond donors (Lipinski definition) is 0. The Hall–Kier alpha value is -1.27. The van der Waals surface area contributed by atoms with Crippen LogP contribution in [0.4, 0.5) is 0 Å². The minimum absolute atomic E-state index is 0.220. The molecule has 4 nitrogen and oxygen atoms in total. The van der Waals surface area contributed by atoms with Gasteiger partial charge in [-0.05, 0) is 49.6 Å². The minimum Gasteiger partial charge on any atom is -0.217 e. The first kappa shape index (κ1) is 13.2. The zero-order valence-corrected chi connectivity index (χ0v) is 12.0. The van der Waals surface area contributed by atoms with E-state index in [0.717, 1.165) is 5.56 Å². The molecule has 6 heteroatoms. The molecule has 0 saturated carbocycles. The van der Waals surface area contributed by atoms with Crippen molar-refractivity contribution in [1.82, 2.24) is 9.19 Å². The highest BCUT2D eigenvalue weighted by Crippen LogP contribution is 2.24. The zero-order chi connectivity index (χ0) is 13.3. The van der Waals surface area contributed by atoms with E-state index >= 15 is 0 Å². The van der Waals surface area contributed by atoms with E-state index < -0.39 is 9.84 Å². The summed E-state index contributed by atoms with van der Waals surface area (Å²) in [7, 11) is -3.50. The molecular formula is C12H14N2O2S2. The van der Waals surface area contributed by atoms with Crippen LogP contribution in [0.5, 0.6) is 0 Å². The van der Waals surface area contributed by atoms with Gasteiger partial charge in [-0.3, -0.25) is 0 Å². The van der Waals surface area contributed by atoms with Gasteiger partial charge in [-0.1, -0.05) is 12.1 Å². The van der Waals surface area contributed by atoms with E-state index in [1.165, 1.54) is 16.0 Å². The molecule has 0 aliphatic heterocycles. The lowest BCUT2D eigenvalue weighted by atomic mass is 10.2. The van der Waals surface area contributed by atoms with Gasteiger partial charge in [0.25, 0.3) is 0 Å². The normalized spacial score (nSPS) is 11.7. The van der Waals surface area contributed by atoms with Gasteiger partial charge in [-0.25, -0.2) is 8.42 Å². The fraction of sp³-hybridized carbons (Fsp3) is 0.250. The molecule has 2 aromatic rings. The van der Waals surface area contributed by atoms with Crippen LogP contribution in [0.25, 0.3) is 0 Å². The zero-order valence-electron chi connectivity index (χ0n) is 10.4. The van der Waals surface area contributed by atoms with E-state index in [-0.39, 0.29) is 5.03 Å². The molecule has 18 heavy (non-hydrogen) atoms. The van der Waals surface area contributed by atoms with Crippen molar-refractivity contribution in [3.8, 4) is 0 Å². The van der Waals surface area contributed by atoms with Crippen molar-refractivity contribution in [1.29, 1.82) is 0 Å². The quantitative estimate of drug-likeness (QED) is 0.867. The summed E-state index contributed by atoms with van der Waals surface area (Å²) in [6.45, 7) is 3.65. The average molecular weight is 282 g/mol. The van der Waals surface area contributed by atoms with Gasteiger partial charge in [0.05, 0.1) is 10.6 Å². The summed E-state index contributed by atoms with van der Waals surface area (Å²) in [5.41, 5.74) is 1.61. The lowest BCUT2D eigenvalue weighted by molar-refractivity contribution is 0.590. The molecule has 1 aromatic heterocycles. The second-order valence-electron chi connectivity index (χ2n) is 4.00. The Morgan fingerprint density at radius 3 is 2.56 bits per heavy atom. The van der Waals surface area contributed by atoms with Gasteiger partial charge in [-0.15, -0.1) is 0 Å². The number of hydrogen-bond acceptors (Lipinski definition) is 4. The summed E-state index contributed by atoms with van der Waals surface area (Å²) in [6.07, 6.45) is 1.79. The summed E-state index contributed by atoms with van der Waals surface area (Å²) < 4.78 is 26.4. The Morgan fingerprint density at radius 2 is 1.94 bits per heavy atom. The first-order chi connectivity index (χ1) is 8.45. The van der Waals surface area contributed by atoms with Crippen molar-refractivity contribution in [2.45, 2.75) is 23.8 Å². The number of rotatable bonds is 3. The highest BCUT2D eigenvalue weighted by Gasteiger charge is 2.23. The minimum atomic E-state index is -3.50. The van der Waals surface area contributed by atoms with Crippen LogP contribution in [-0.4, -0.2) is 23.9 Å². The van der Waals surface area contributed by atoms with Gasteiger partial charge < -0.3 is 0 Å². The number of aryl methyl sites for hydroxylation is 2. The molecule has 0 saturated heterocycles. The summed E-state index contributed by atoms with van der Waals surface area (Å²) in [5, 5.41) is 4.36. The molecule has 0 spiro atoms. The molecule has 0 aliphatic rings. The van der Waals surface area contributed by atoms with Crippen LogP contribution >= 0.6 is 11.9 Å². The van der Waals surface area contributed by atoms with E-state index in [9.17, 15) is 8.42 Å². The summed E-state index contributed by atoms with van der Waals surface area (Å²) in [6, 6.07) is 8.48. The molecule has 0 amide bonds. The number of benzene rings is 1. The van der Waals surface area contributed by atoms with E-state index in [4.69, 9.17) is 0 Å². The van der Waals surface area contributed by atoms with Crippen LogP contribution in [0.15, 0.2) is 40.3 Å². The second kappa shape index (κ2) is 4.78. The molecule has 0 N–H and O–H groups in total. The molecule has 0 bridgehead atoms. The molecule has 1 aromatic carbocycles. The molecule has 0 unspecified atom stereocenters. The first-order valence-electron chi connectivity index (χ1n) is 5.38. The van der Waals surface area contributed by atoms with Crippen molar-refractivity contribution >= 4 is 21.8 Å². The van der Waals surface area contributed by atoms with Crippen molar-refractivity contribution in [2.75, 3.05) is 6.26 Å². The third-order valence-corrected chi connectivity index (χ3v) is 4.97. The first-order valence-corrected chi connectivity index (χ1v) is 8.04. The van der Waals surface area contributed by atoms with Crippen LogP contribution in [0.2, 0.25) is 0 Å². The molecule has 1 heterocycles. The van der Waals surface area contributed by atoms with Gasteiger partial charge in [0.2, 0.25) is 9.84 Å². The smallest absolute Gasteiger partial charge is 0.217 e. The van der Waals surface area contributed by atoms with Crippen LogP contribution in [0.1, 0.15) is 11.3 Å². The Morgan fingerprint density at radius 1 is 1.22 bits per heavy atom. The number of sulfone groups is 1. The average Bonchev–Trinajstić information content (AvgIpc) is 2.71. The highest BCUT2D eigenvalue weighted by molar-refractivity contribution is 7.98. The fourth-order valence-electron chi connectivity index (χ4n) is 1.67. The van der Waals surface area contributed by atoms with Gasteiger partial charge >= 0.3 is 0 Å². The maximum absolute atomic E-state index is 12.5. The molecular weight excluding hydrogens is 268 g/mol. The Bertz CT molecular complexity index is 675. The van der Waals surface area contributed by atoms with Crippen LogP contribution in [0, 0.1) is 13.8 Å². The Labute approximate surface area is 111 Å². The maximum atomic E-state index is 12.5. The van der Waals surface area contributed by atoms with Gasteiger partial charge in [-0.2, -0.15) is 9.19 Å². The molecule has 0 radical (unpaired) electrons. The fourth-order valence-corrected chi connectivity index (χ4v) is 4.04. The number of nitrogens with zero attached hydrogens (tertiary/aromatic N) is 2. The van der Waals surface area contributed by atoms with E-state index in [1.807, 2.05) is 13.0 Å². The van der Waals surface area contributed by atoms with Gasteiger partial charge in [0.1, 0.15) is 0 Å². The highest BCUT2D eigenvalue weighted by atomic mass is 32.2. The molecule has 0 fully saturated rings. The monoisotopic (exact) mass is 282 g/mol. The Balaban J connectivity index is 2.61.